The maximum absolute atomic E-state index is 2.95. The van der Waals surface area contributed by atoms with Crippen molar-refractivity contribution in [2.45, 2.75) is 0 Å². The molecule has 1 rings (SSSR count). The second-order valence-electron chi connectivity index (χ2n) is 0.755. The van der Waals surface area contributed by atoms with Gasteiger partial charge >= 0.3 is 0 Å². The van der Waals surface area contributed by atoms with Crippen LogP contribution in [0.4, 0.5) is 0 Å². The van der Waals surface area contributed by atoms with Crippen LogP contribution in [0.3, 0.4) is 0 Å². The molecule has 3 heteroatoms. The van der Waals surface area contributed by atoms with Crippen molar-refractivity contribution < 1.29 is 0 Å². The molecule has 1 aliphatic rings. The van der Waals surface area contributed by atoms with Crippen molar-refractivity contribution >= 4 is 11.9 Å². The molecule has 0 aliphatic carbocycles. The van der Waals surface area contributed by atoms with Crippen LogP contribution in [0.5, 0.6) is 0 Å². The number of rotatable bonds is 0. The van der Waals surface area contributed by atoms with E-state index >= 15 is 0 Å². The average molecular weight is 89.1 g/mol. The number of hydrogen-bond acceptors (Lipinski definition) is 3. The largest absolute Gasteiger partial charge is 0.288 e. The highest BCUT2D eigenvalue weighted by Crippen LogP contribution is 1.94. The second kappa shape index (κ2) is 1.64. The molecule has 0 atom stereocenters. The molecule has 0 bridgehead atoms. The van der Waals surface area contributed by atoms with Crippen LogP contribution < -0.4 is 10.0 Å². The molecule has 0 spiro atoms. The van der Waals surface area contributed by atoms with Gasteiger partial charge < -0.3 is 0 Å². The van der Waals surface area contributed by atoms with Crippen molar-refractivity contribution in [1.82, 2.24) is 10.0 Å². The normalized spacial score (nSPS) is 24.0. The Balaban J connectivity index is 2.08. The predicted molar refractivity (Wildman–Crippen MR) is 23.0 cm³/mol. The monoisotopic (exact) mass is 89.0 g/mol. The van der Waals surface area contributed by atoms with Crippen molar-refractivity contribution in [1.29, 1.82) is 0 Å². The van der Waals surface area contributed by atoms with E-state index in [2.05, 4.69) is 10.0 Å². The Bertz CT molecular complexity index is 19.2. The van der Waals surface area contributed by atoms with Crippen molar-refractivity contribution in [3.05, 3.63) is 6.67 Å². The van der Waals surface area contributed by atoms with Crippen molar-refractivity contribution in [3.8, 4) is 0 Å². The van der Waals surface area contributed by atoms with Crippen LogP contribution in [0.2, 0.25) is 0 Å². The van der Waals surface area contributed by atoms with Gasteiger partial charge in [-0.3, -0.25) is 5.32 Å². The molecule has 1 fully saturated rings. The molecule has 29 valence electrons. The Morgan fingerprint density at radius 1 is 1.80 bits per heavy atom. The molecule has 0 amide bonds. The minimum absolute atomic E-state index is 1.00. The molecule has 1 saturated heterocycles. The van der Waals surface area contributed by atoms with Crippen LogP contribution in [0.1, 0.15) is 0 Å². The summed E-state index contributed by atoms with van der Waals surface area (Å²) < 4.78 is 2.90. The lowest BCUT2D eigenvalue weighted by Crippen LogP contribution is -2.01. The molecule has 0 aromatic rings. The minimum atomic E-state index is 1.00. The number of nitrogens with one attached hydrogen (secondary N) is 2. The summed E-state index contributed by atoms with van der Waals surface area (Å²) in [6.07, 6.45) is 0. The summed E-state index contributed by atoms with van der Waals surface area (Å²) in [5.74, 6) is 1.00. The van der Waals surface area contributed by atoms with E-state index in [-0.39, 0.29) is 0 Å². The molecule has 0 aromatic carbocycles. The van der Waals surface area contributed by atoms with Crippen LogP contribution in [0.15, 0.2) is 0 Å². The molecule has 0 saturated carbocycles. The smallest absolute Gasteiger partial charge is 0.0972 e. The summed E-state index contributed by atoms with van der Waals surface area (Å²) >= 11 is 1.66. The third-order valence-electron chi connectivity index (χ3n) is 0.400. The van der Waals surface area contributed by atoms with Gasteiger partial charge in [-0.15, -0.1) is 0 Å². The second-order valence-corrected chi connectivity index (χ2v) is 1.57. The summed E-state index contributed by atoms with van der Waals surface area (Å²) in [7, 11) is 0. The number of hydrogen-bond donors (Lipinski definition) is 2. The SMILES string of the molecule is [CH]1NCSN1. The first kappa shape index (κ1) is 3.46. The lowest BCUT2D eigenvalue weighted by Gasteiger charge is -1.73. The highest BCUT2D eigenvalue weighted by Gasteiger charge is 1.92. The van der Waals surface area contributed by atoms with Gasteiger partial charge in [0, 0.05) is 0 Å². The molecule has 0 aromatic heterocycles. The first-order valence-corrected chi connectivity index (χ1v) is 2.41. The average Bonchev–Trinajstić information content (AvgIpc) is 1.76. The molecule has 1 radical (unpaired) electrons. The molecular formula is C2H5N2S. The molecule has 2 N–H and O–H groups in total. The fraction of sp³-hybridized carbons (Fsp3) is 0.500. The Labute approximate surface area is 35.5 Å². The summed E-state index contributed by atoms with van der Waals surface area (Å²) in [5, 5.41) is 2.95. The highest BCUT2D eigenvalue weighted by molar-refractivity contribution is 7.97. The predicted octanol–water partition coefficient (Wildman–Crippen LogP) is -0.0958. The maximum atomic E-state index is 2.95. The van der Waals surface area contributed by atoms with E-state index in [1.165, 1.54) is 0 Å². The van der Waals surface area contributed by atoms with Gasteiger partial charge in [-0.1, -0.05) is 11.9 Å². The quantitative estimate of drug-likeness (QED) is 0.405. The molecule has 0 unspecified atom stereocenters. The van der Waals surface area contributed by atoms with E-state index in [1.807, 2.05) is 6.67 Å². The van der Waals surface area contributed by atoms with Gasteiger partial charge in [-0.05, 0) is 0 Å². The van der Waals surface area contributed by atoms with Gasteiger partial charge in [-0.25, -0.2) is 4.72 Å². The molecule has 2 nitrogen and oxygen atoms in total. The van der Waals surface area contributed by atoms with Gasteiger partial charge in [0.2, 0.25) is 0 Å². The van der Waals surface area contributed by atoms with E-state index in [4.69, 9.17) is 0 Å². The van der Waals surface area contributed by atoms with E-state index in [0.29, 0.717) is 0 Å². The summed E-state index contributed by atoms with van der Waals surface area (Å²) in [6.45, 7) is 1.82. The Morgan fingerprint density at radius 3 is 3.00 bits per heavy atom. The molecule has 5 heavy (non-hydrogen) atoms. The van der Waals surface area contributed by atoms with Crippen LogP contribution in [0.25, 0.3) is 0 Å². The van der Waals surface area contributed by atoms with E-state index in [9.17, 15) is 0 Å². The zero-order valence-electron chi connectivity index (χ0n) is 2.69. The Morgan fingerprint density at radius 2 is 2.80 bits per heavy atom. The van der Waals surface area contributed by atoms with Crippen molar-refractivity contribution in [3.63, 3.8) is 0 Å². The maximum Gasteiger partial charge on any atom is 0.0972 e. The van der Waals surface area contributed by atoms with Crippen LogP contribution in [-0.4, -0.2) is 5.88 Å². The summed E-state index contributed by atoms with van der Waals surface area (Å²) in [5.41, 5.74) is 0. The highest BCUT2D eigenvalue weighted by atomic mass is 32.2. The van der Waals surface area contributed by atoms with E-state index in [0.717, 1.165) is 5.88 Å². The fourth-order valence-corrected chi connectivity index (χ4v) is 0.625. The zero-order chi connectivity index (χ0) is 3.54. The van der Waals surface area contributed by atoms with Crippen LogP contribution >= 0.6 is 11.9 Å². The fourth-order valence-electron chi connectivity index (χ4n) is 0.208. The van der Waals surface area contributed by atoms with Gasteiger partial charge in [0.25, 0.3) is 0 Å². The molecular weight excluding hydrogens is 84.1 g/mol. The Kier molecular flexibility index (Phi) is 1.14. The topological polar surface area (TPSA) is 24.1 Å². The van der Waals surface area contributed by atoms with Gasteiger partial charge in [0.15, 0.2) is 0 Å². The lowest BCUT2D eigenvalue weighted by atomic mass is 11.1. The van der Waals surface area contributed by atoms with Crippen molar-refractivity contribution in [2.24, 2.45) is 0 Å². The van der Waals surface area contributed by atoms with Crippen LogP contribution in [-0.2, 0) is 0 Å². The lowest BCUT2D eigenvalue weighted by molar-refractivity contribution is 0.946. The van der Waals surface area contributed by atoms with E-state index in [1.54, 1.807) is 11.9 Å². The van der Waals surface area contributed by atoms with Crippen molar-refractivity contribution in [2.75, 3.05) is 5.88 Å². The summed E-state index contributed by atoms with van der Waals surface area (Å²) in [6, 6.07) is 0. The first-order chi connectivity index (χ1) is 2.50. The third-order valence-corrected chi connectivity index (χ3v) is 0.995. The molecule has 1 heterocycles. The Hall–Kier alpha value is 0.270. The first-order valence-electron chi connectivity index (χ1n) is 1.42. The zero-order valence-corrected chi connectivity index (χ0v) is 3.51. The van der Waals surface area contributed by atoms with Crippen LogP contribution in [0, 0.1) is 6.67 Å². The minimum Gasteiger partial charge on any atom is -0.288 e. The van der Waals surface area contributed by atoms with Gasteiger partial charge in [0.05, 0.1) is 12.5 Å². The third kappa shape index (κ3) is 0.792. The summed E-state index contributed by atoms with van der Waals surface area (Å²) in [4.78, 5) is 0. The standard InChI is InChI=1S/C2H5N2S/c1-3-2-5-4-1/h1,3-4H,2H2. The molecule has 1 aliphatic heterocycles. The van der Waals surface area contributed by atoms with Gasteiger partial charge in [-0.2, -0.15) is 0 Å². The van der Waals surface area contributed by atoms with Gasteiger partial charge in [0.1, 0.15) is 0 Å². The van der Waals surface area contributed by atoms with E-state index < -0.39 is 0 Å².